The highest BCUT2D eigenvalue weighted by Gasteiger charge is 2.12. The summed E-state index contributed by atoms with van der Waals surface area (Å²) in [5, 5.41) is 8.90. The van der Waals surface area contributed by atoms with Crippen LogP contribution in [0.5, 0.6) is 0 Å². The molecule has 94 valence electrons. The fourth-order valence-electron chi connectivity index (χ4n) is 1.88. The summed E-state index contributed by atoms with van der Waals surface area (Å²) in [6.07, 6.45) is 2.55. The minimum atomic E-state index is -0.186. The van der Waals surface area contributed by atoms with Crippen LogP contribution in [-0.4, -0.2) is 47.3 Å². The number of aliphatic hydroxyl groups is 1. The van der Waals surface area contributed by atoms with Gasteiger partial charge in [-0.3, -0.25) is 0 Å². The zero-order valence-corrected chi connectivity index (χ0v) is 10.7. The lowest BCUT2D eigenvalue weighted by molar-refractivity contribution is 0.265. The van der Waals surface area contributed by atoms with Crippen LogP contribution in [-0.2, 0) is 6.42 Å². The van der Waals surface area contributed by atoms with Crippen molar-refractivity contribution in [2.24, 2.45) is 5.73 Å². The number of nitrogens with zero attached hydrogens (tertiary/aromatic N) is 2. The summed E-state index contributed by atoms with van der Waals surface area (Å²) in [6, 6.07) is 3.92. The van der Waals surface area contributed by atoms with Crippen LogP contribution >= 0.6 is 11.8 Å². The fourth-order valence-corrected chi connectivity index (χ4v) is 2.79. The molecule has 0 saturated carbocycles. The van der Waals surface area contributed by atoms with E-state index in [9.17, 15) is 0 Å². The Hall–Kier alpha value is -0.780. The lowest BCUT2D eigenvalue weighted by atomic mass is 10.1. The second kappa shape index (κ2) is 6.23. The largest absolute Gasteiger partial charge is 0.395 e. The first-order chi connectivity index (χ1) is 8.29. The van der Waals surface area contributed by atoms with Gasteiger partial charge in [0.1, 0.15) is 5.82 Å². The number of aliphatic hydroxyl groups excluding tert-OH is 1. The average Bonchev–Trinajstić information content (AvgIpc) is 2.40. The third kappa shape index (κ3) is 3.59. The zero-order chi connectivity index (χ0) is 12.1. The van der Waals surface area contributed by atoms with Crippen LogP contribution in [0.1, 0.15) is 5.56 Å². The summed E-state index contributed by atoms with van der Waals surface area (Å²) in [5.74, 6) is 3.41. The molecule has 0 amide bonds. The number of aromatic nitrogens is 1. The number of thioether (sulfide) groups is 1. The van der Waals surface area contributed by atoms with Gasteiger partial charge in [0.15, 0.2) is 0 Å². The maximum absolute atomic E-state index is 8.90. The van der Waals surface area contributed by atoms with E-state index in [1.54, 1.807) is 0 Å². The van der Waals surface area contributed by atoms with Gasteiger partial charge >= 0.3 is 0 Å². The van der Waals surface area contributed by atoms with Crippen LogP contribution in [0.15, 0.2) is 18.3 Å². The molecule has 1 atom stereocenters. The van der Waals surface area contributed by atoms with Crippen molar-refractivity contribution < 1.29 is 5.11 Å². The summed E-state index contributed by atoms with van der Waals surface area (Å²) >= 11 is 1.99. The van der Waals surface area contributed by atoms with Crippen LogP contribution in [0, 0.1) is 0 Å². The van der Waals surface area contributed by atoms with Crippen LogP contribution in [0.25, 0.3) is 0 Å². The topological polar surface area (TPSA) is 62.4 Å². The van der Waals surface area contributed by atoms with E-state index in [0.29, 0.717) is 6.42 Å². The van der Waals surface area contributed by atoms with Crippen molar-refractivity contribution in [3.05, 3.63) is 23.9 Å². The minimum Gasteiger partial charge on any atom is -0.395 e. The molecule has 1 unspecified atom stereocenters. The van der Waals surface area contributed by atoms with Crippen molar-refractivity contribution in [1.29, 1.82) is 0 Å². The Bertz CT molecular complexity index is 338. The number of nitrogens with two attached hydrogens (primary N) is 1. The quantitative estimate of drug-likeness (QED) is 0.818. The lowest BCUT2D eigenvalue weighted by Crippen LogP contribution is -2.33. The highest BCUT2D eigenvalue weighted by atomic mass is 32.2. The van der Waals surface area contributed by atoms with E-state index < -0.39 is 0 Å². The van der Waals surface area contributed by atoms with Crippen LogP contribution in [0.3, 0.4) is 0 Å². The zero-order valence-electron chi connectivity index (χ0n) is 9.88. The molecule has 5 heteroatoms. The highest BCUT2D eigenvalue weighted by Crippen LogP contribution is 2.17. The second-order valence-corrected chi connectivity index (χ2v) is 5.50. The second-order valence-electron chi connectivity index (χ2n) is 4.27. The first kappa shape index (κ1) is 12.7. The molecular formula is C12H19N3OS. The first-order valence-corrected chi connectivity index (χ1v) is 7.09. The van der Waals surface area contributed by atoms with Gasteiger partial charge in [0.2, 0.25) is 0 Å². The molecule has 1 aliphatic rings. The van der Waals surface area contributed by atoms with Crippen LogP contribution in [0.4, 0.5) is 5.82 Å². The summed E-state index contributed by atoms with van der Waals surface area (Å²) in [6.45, 7) is 2.17. The Morgan fingerprint density at radius 1 is 1.41 bits per heavy atom. The van der Waals surface area contributed by atoms with E-state index in [0.717, 1.165) is 24.5 Å². The van der Waals surface area contributed by atoms with Gasteiger partial charge in [0, 0.05) is 36.8 Å². The first-order valence-electron chi connectivity index (χ1n) is 5.93. The molecular weight excluding hydrogens is 234 g/mol. The normalized spacial score (nSPS) is 18.1. The van der Waals surface area contributed by atoms with Gasteiger partial charge in [-0.25, -0.2) is 4.98 Å². The van der Waals surface area contributed by atoms with E-state index in [1.807, 2.05) is 18.0 Å². The molecule has 1 saturated heterocycles. The standard InChI is InChI=1S/C12H19N3OS/c13-11(9-16)7-10-1-2-12(14-8-10)15-3-5-17-6-4-15/h1-2,8,11,16H,3-7,9,13H2. The molecule has 0 radical (unpaired) electrons. The SMILES string of the molecule is NC(CO)Cc1ccc(N2CCSCC2)nc1. The number of hydrogen-bond donors (Lipinski definition) is 2. The molecule has 1 fully saturated rings. The number of pyridine rings is 1. The van der Waals surface area contributed by atoms with E-state index in [2.05, 4.69) is 22.0 Å². The molecule has 2 heterocycles. The van der Waals surface area contributed by atoms with Gasteiger partial charge in [-0.2, -0.15) is 11.8 Å². The molecule has 1 aromatic rings. The summed E-state index contributed by atoms with van der Waals surface area (Å²) in [5.41, 5.74) is 6.78. The Morgan fingerprint density at radius 2 is 2.18 bits per heavy atom. The number of anilines is 1. The summed E-state index contributed by atoms with van der Waals surface area (Å²) < 4.78 is 0. The minimum absolute atomic E-state index is 0.0189. The third-order valence-electron chi connectivity index (χ3n) is 2.88. The molecule has 1 aliphatic heterocycles. The number of hydrogen-bond acceptors (Lipinski definition) is 5. The number of rotatable bonds is 4. The van der Waals surface area contributed by atoms with Crippen molar-refractivity contribution in [2.75, 3.05) is 36.1 Å². The van der Waals surface area contributed by atoms with Gasteiger partial charge in [-0.05, 0) is 18.1 Å². The van der Waals surface area contributed by atoms with E-state index in [-0.39, 0.29) is 12.6 Å². The monoisotopic (exact) mass is 253 g/mol. The predicted molar refractivity (Wildman–Crippen MR) is 72.5 cm³/mol. The Kier molecular flexibility index (Phi) is 4.65. The predicted octanol–water partition coefficient (Wildman–Crippen LogP) is 0.497. The van der Waals surface area contributed by atoms with Gasteiger partial charge in [0.05, 0.1) is 6.61 Å². The van der Waals surface area contributed by atoms with E-state index in [1.165, 1.54) is 11.5 Å². The van der Waals surface area contributed by atoms with Gasteiger partial charge < -0.3 is 15.7 Å². The van der Waals surface area contributed by atoms with E-state index >= 15 is 0 Å². The average molecular weight is 253 g/mol. The molecule has 0 bridgehead atoms. The van der Waals surface area contributed by atoms with Crippen molar-refractivity contribution >= 4 is 17.6 Å². The highest BCUT2D eigenvalue weighted by molar-refractivity contribution is 7.99. The van der Waals surface area contributed by atoms with Crippen molar-refractivity contribution in [2.45, 2.75) is 12.5 Å². The van der Waals surface area contributed by atoms with Crippen LogP contribution < -0.4 is 10.6 Å². The van der Waals surface area contributed by atoms with Gasteiger partial charge in [-0.15, -0.1) is 0 Å². The van der Waals surface area contributed by atoms with Crippen LogP contribution in [0.2, 0.25) is 0 Å². The van der Waals surface area contributed by atoms with Gasteiger partial charge in [-0.1, -0.05) is 6.07 Å². The molecule has 2 rings (SSSR count). The van der Waals surface area contributed by atoms with Crippen molar-refractivity contribution in [3.8, 4) is 0 Å². The maximum Gasteiger partial charge on any atom is 0.128 e. The summed E-state index contributed by atoms with van der Waals surface area (Å²) in [4.78, 5) is 6.78. The lowest BCUT2D eigenvalue weighted by Gasteiger charge is -2.27. The molecule has 0 aliphatic carbocycles. The third-order valence-corrected chi connectivity index (χ3v) is 3.82. The Balaban J connectivity index is 1.97. The van der Waals surface area contributed by atoms with E-state index in [4.69, 9.17) is 10.8 Å². The Morgan fingerprint density at radius 3 is 2.76 bits per heavy atom. The molecule has 0 aromatic carbocycles. The molecule has 4 nitrogen and oxygen atoms in total. The summed E-state index contributed by atoms with van der Waals surface area (Å²) in [7, 11) is 0. The molecule has 3 N–H and O–H groups in total. The molecule has 17 heavy (non-hydrogen) atoms. The Labute approximate surface area is 106 Å². The fraction of sp³-hybridized carbons (Fsp3) is 0.583. The maximum atomic E-state index is 8.90. The van der Waals surface area contributed by atoms with Crippen molar-refractivity contribution in [1.82, 2.24) is 4.98 Å². The van der Waals surface area contributed by atoms with Crippen molar-refractivity contribution in [3.63, 3.8) is 0 Å². The molecule has 0 spiro atoms. The molecule has 1 aromatic heterocycles. The smallest absolute Gasteiger partial charge is 0.128 e. The van der Waals surface area contributed by atoms with Gasteiger partial charge in [0.25, 0.3) is 0 Å².